The van der Waals surface area contributed by atoms with E-state index < -0.39 is 0 Å². The topological polar surface area (TPSA) is 49.9 Å². The SMILES string of the molecule is COc1ccc(C(=O)N2CCN(C(=O)CC3CCCC3)CC2)cc1. The molecule has 2 amide bonds. The molecule has 130 valence electrons. The van der Waals surface area contributed by atoms with Crippen LogP contribution in [0.4, 0.5) is 0 Å². The van der Waals surface area contributed by atoms with Gasteiger partial charge in [0.1, 0.15) is 5.75 Å². The van der Waals surface area contributed by atoms with E-state index in [-0.39, 0.29) is 11.8 Å². The summed E-state index contributed by atoms with van der Waals surface area (Å²) in [5.41, 5.74) is 0.668. The van der Waals surface area contributed by atoms with E-state index in [0.717, 1.165) is 5.75 Å². The van der Waals surface area contributed by atoms with Crippen molar-refractivity contribution < 1.29 is 14.3 Å². The normalized spacial score (nSPS) is 18.7. The molecule has 1 aromatic carbocycles. The van der Waals surface area contributed by atoms with Gasteiger partial charge in [0.15, 0.2) is 0 Å². The molecule has 1 aliphatic carbocycles. The fourth-order valence-corrected chi connectivity index (χ4v) is 3.67. The molecule has 1 aromatic rings. The predicted octanol–water partition coefficient (Wildman–Crippen LogP) is 2.56. The first-order chi connectivity index (χ1) is 11.7. The number of piperazine rings is 1. The van der Waals surface area contributed by atoms with Gasteiger partial charge >= 0.3 is 0 Å². The van der Waals surface area contributed by atoms with Crippen molar-refractivity contribution in [2.24, 2.45) is 5.92 Å². The van der Waals surface area contributed by atoms with Crippen molar-refractivity contribution in [1.82, 2.24) is 9.80 Å². The van der Waals surface area contributed by atoms with E-state index in [1.54, 1.807) is 31.4 Å². The van der Waals surface area contributed by atoms with Gasteiger partial charge in [0, 0.05) is 38.2 Å². The number of ether oxygens (including phenoxy) is 1. The molecule has 5 nitrogen and oxygen atoms in total. The number of carbonyl (C=O) groups excluding carboxylic acids is 2. The molecule has 0 N–H and O–H groups in total. The maximum Gasteiger partial charge on any atom is 0.253 e. The van der Waals surface area contributed by atoms with Crippen molar-refractivity contribution in [2.75, 3.05) is 33.3 Å². The van der Waals surface area contributed by atoms with Gasteiger partial charge in [0.2, 0.25) is 5.91 Å². The third-order valence-corrected chi connectivity index (χ3v) is 5.19. The van der Waals surface area contributed by atoms with Crippen LogP contribution >= 0.6 is 0 Å². The van der Waals surface area contributed by atoms with Crippen molar-refractivity contribution in [2.45, 2.75) is 32.1 Å². The molecule has 0 bridgehead atoms. The Balaban J connectivity index is 1.50. The van der Waals surface area contributed by atoms with Gasteiger partial charge in [-0.05, 0) is 43.0 Å². The monoisotopic (exact) mass is 330 g/mol. The molecule has 1 saturated heterocycles. The first kappa shape index (κ1) is 16.8. The maximum atomic E-state index is 12.5. The number of hydrogen-bond acceptors (Lipinski definition) is 3. The lowest BCUT2D eigenvalue weighted by molar-refractivity contribution is -0.133. The maximum absolute atomic E-state index is 12.5. The summed E-state index contributed by atoms with van der Waals surface area (Å²) in [4.78, 5) is 28.7. The zero-order valence-electron chi connectivity index (χ0n) is 14.4. The van der Waals surface area contributed by atoms with E-state index in [4.69, 9.17) is 4.74 Å². The van der Waals surface area contributed by atoms with Crippen LogP contribution in [0.25, 0.3) is 0 Å². The number of methoxy groups -OCH3 is 1. The minimum absolute atomic E-state index is 0.0283. The van der Waals surface area contributed by atoms with E-state index in [9.17, 15) is 9.59 Å². The van der Waals surface area contributed by atoms with Crippen LogP contribution in [0.1, 0.15) is 42.5 Å². The summed E-state index contributed by atoms with van der Waals surface area (Å²) < 4.78 is 5.12. The first-order valence-electron chi connectivity index (χ1n) is 8.88. The number of hydrogen-bond donors (Lipinski definition) is 0. The predicted molar refractivity (Wildman–Crippen MR) is 92.1 cm³/mol. The van der Waals surface area contributed by atoms with Crippen molar-refractivity contribution in [3.63, 3.8) is 0 Å². The lowest BCUT2D eigenvalue weighted by Crippen LogP contribution is -2.50. The summed E-state index contributed by atoms with van der Waals surface area (Å²) in [5, 5.41) is 0. The average molecular weight is 330 g/mol. The number of rotatable bonds is 4. The Labute approximate surface area is 143 Å². The largest absolute Gasteiger partial charge is 0.497 e. The van der Waals surface area contributed by atoms with E-state index in [2.05, 4.69) is 0 Å². The Morgan fingerprint density at radius 2 is 1.58 bits per heavy atom. The Morgan fingerprint density at radius 1 is 1.00 bits per heavy atom. The molecule has 24 heavy (non-hydrogen) atoms. The number of nitrogens with zero attached hydrogens (tertiary/aromatic N) is 2. The quantitative estimate of drug-likeness (QED) is 0.852. The summed E-state index contributed by atoms with van der Waals surface area (Å²) in [6.07, 6.45) is 5.61. The summed E-state index contributed by atoms with van der Waals surface area (Å²) in [5.74, 6) is 1.62. The van der Waals surface area contributed by atoms with Crippen LogP contribution in [-0.4, -0.2) is 54.9 Å². The molecule has 3 rings (SSSR count). The summed E-state index contributed by atoms with van der Waals surface area (Å²) >= 11 is 0. The Bertz CT molecular complexity index is 571. The molecule has 2 fully saturated rings. The van der Waals surface area contributed by atoms with Crippen molar-refractivity contribution in [3.05, 3.63) is 29.8 Å². The molecule has 0 unspecified atom stereocenters. The second-order valence-corrected chi connectivity index (χ2v) is 6.76. The van der Waals surface area contributed by atoms with Crippen molar-refractivity contribution >= 4 is 11.8 Å². The zero-order valence-corrected chi connectivity index (χ0v) is 14.4. The van der Waals surface area contributed by atoms with E-state index in [1.165, 1.54) is 25.7 Å². The molecule has 5 heteroatoms. The average Bonchev–Trinajstić information content (AvgIpc) is 3.14. The lowest BCUT2D eigenvalue weighted by Gasteiger charge is -2.35. The molecule has 0 aromatic heterocycles. The van der Waals surface area contributed by atoms with E-state index in [1.807, 2.05) is 9.80 Å². The second-order valence-electron chi connectivity index (χ2n) is 6.76. The van der Waals surface area contributed by atoms with Gasteiger partial charge < -0.3 is 14.5 Å². The molecule has 2 aliphatic rings. The van der Waals surface area contributed by atoms with Crippen LogP contribution in [0, 0.1) is 5.92 Å². The van der Waals surface area contributed by atoms with Crippen LogP contribution in [0.15, 0.2) is 24.3 Å². The molecule has 0 radical (unpaired) electrons. The minimum Gasteiger partial charge on any atom is -0.497 e. The van der Waals surface area contributed by atoms with E-state index in [0.29, 0.717) is 44.1 Å². The molecule has 0 spiro atoms. The van der Waals surface area contributed by atoms with E-state index >= 15 is 0 Å². The second kappa shape index (κ2) is 7.69. The highest BCUT2D eigenvalue weighted by molar-refractivity contribution is 5.94. The van der Waals surface area contributed by atoms with Crippen LogP contribution in [-0.2, 0) is 4.79 Å². The molecular weight excluding hydrogens is 304 g/mol. The molecule has 0 atom stereocenters. The third-order valence-electron chi connectivity index (χ3n) is 5.19. The Kier molecular flexibility index (Phi) is 5.38. The fourth-order valence-electron chi connectivity index (χ4n) is 3.67. The van der Waals surface area contributed by atoms with Gasteiger partial charge in [-0.3, -0.25) is 9.59 Å². The minimum atomic E-state index is 0.0283. The van der Waals surface area contributed by atoms with Crippen molar-refractivity contribution in [1.29, 1.82) is 0 Å². The molecule has 1 aliphatic heterocycles. The van der Waals surface area contributed by atoms with Gasteiger partial charge in [0.05, 0.1) is 7.11 Å². The summed E-state index contributed by atoms with van der Waals surface area (Å²) in [6.45, 7) is 2.52. The number of benzene rings is 1. The van der Waals surface area contributed by atoms with Gasteiger partial charge in [-0.15, -0.1) is 0 Å². The summed E-state index contributed by atoms with van der Waals surface area (Å²) in [6, 6.07) is 7.18. The number of carbonyl (C=O) groups is 2. The van der Waals surface area contributed by atoms with Gasteiger partial charge in [-0.25, -0.2) is 0 Å². The standard InChI is InChI=1S/C19H26N2O3/c1-24-17-8-6-16(7-9-17)19(23)21-12-10-20(11-13-21)18(22)14-15-4-2-3-5-15/h6-9,15H,2-5,10-14H2,1H3. The molecule has 1 heterocycles. The Morgan fingerprint density at radius 3 is 2.17 bits per heavy atom. The highest BCUT2D eigenvalue weighted by atomic mass is 16.5. The zero-order chi connectivity index (χ0) is 16.9. The third kappa shape index (κ3) is 3.89. The van der Waals surface area contributed by atoms with Crippen LogP contribution in [0.3, 0.4) is 0 Å². The summed E-state index contributed by atoms with van der Waals surface area (Å²) in [7, 11) is 1.61. The van der Waals surface area contributed by atoms with Gasteiger partial charge in [0.25, 0.3) is 5.91 Å². The van der Waals surface area contributed by atoms with Crippen LogP contribution in [0.2, 0.25) is 0 Å². The fraction of sp³-hybridized carbons (Fsp3) is 0.579. The number of amides is 2. The molecule has 1 saturated carbocycles. The lowest BCUT2D eigenvalue weighted by atomic mass is 10.0. The van der Waals surface area contributed by atoms with Gasteiger partial charge in [-0.1, -0.05) is 12.8 Å². The first-order valence-corrected chi connectivity index (χ1v) is 8.88. The van der Waals surface area contributed by atoms with Crippen molar-refractivity contribution in [3.8, 4) is 5.75 Å². The van der Waals surface area contributed by atoms with Crippen LogP contribution < -0.4 is 4.74 Å². The smallest absolute Gasteiger partial charge is 0.253 e. The molecular formula is C19H26N2O3. The highest BCUT2D eigenvalue weighted by Crippen LogP contribution is 2.28. The highest BCUT2D eigenvalue weighted by Gasteiger charge is 2.27. The Hall–Kier alpha value is -2.04. The van der Waals surface area contributed by atoms with Crippen LogP contribution in [0.5, 0.6) is 5.75 Å². The van der Waals surface area contributed by atoms with Gasteiger partial charge in [-0.2, -0.15) is 0 Å².